The van der Waals surface area contributed by atoms with Gasteiger partial charge in [0.05, 0.1) is 12.8 Å². The maximum absolute atomic E-state index is 11.9. The predicted octanol–water partition coefficient (Wildman–Crippen LogP) is 1.61. The Hall–Kier alpha value is -1.40. The molecule has 4 N–H and O–H groups in total. The molecule has 0 spiro atoms. The van der Waals surface area contributed by atoms with Crippen LogP contribution in [0, 0.1) is 0 Å². The maximum atomic E-state index is 11.9. The van der Waals surface area contributed by atoms with E-state index in [0.29, 0.717) is 25.5 Å². The number of carbonyl (C=O) groups excluding carboxylic acids is 1. The van der Waals surface area contributed by atoms with Gasteiger partial charge in [-0.25, -0.2) is 13.1 Å². The van der Waals surface area contributed by atoms with Crippen molar-refractivity contribution in [2.24, 2.45) is 4.99 Å². The first kappa shape index (κ1) is 24.6. The number of rotatable bonds is 7. The molecule has 0 saturated heterocycles. The number of amides is 1. The van der Waals surface area contributed by atoms with E-state index in [-0.39, 0.29) is 42.3 Å². The van der Waals surface area contributed by atoms with E-state index in [2.05, 4.69) is 25.7 Å². The highest BCUT2D eigenvalue weighted by Crippen LogP contribution is 2.31. The third kappa shape index (κ3) is 7.92. The molecule has 0 fully saturated rings. The molecule has 1 aromatic carbocycles. The lowest BCUT2D eigenvalue weighted by atomic mass is 9.90. The van der Waals surface area contributed by atoms with E-state index in [9.17, 15) is 13.2 Å². The Labute approximate surface area is 184 Å². The molecule has 0 saturated carbocycles. The van der Waals surface area contributed by atoms with Gasteiger partial charge in [0.2, 0.25) is 15.9 Å². The summed E-state index contributed by atoms with van der Waals surface area (Å²) in [6, 6.07) is 7.78. The van der Waals surface area contributed by atoms with Crippen LogP contribution in [-0.4, -0.2) is 51.7 Å². The quantitative estimate of drug-likeness (QED) is 0.247. The zero-order chi connectivity index (χ0) is 20.1. The van der Waals surface area contributed by atoms with Gasteiger partial charge in [0.1, 0.15) is 0 Å². The normalized spacial score (nSPS) is 17.2. The first-order valence-corrected chi connectivity index (χ1v) is 10.9. The van der Waals surface area contributed by atoms with Crippen LogP contribution in [0.5, 0.6) is 0 Å². The van der Waals surface area contributed by atoms with E-state index in [0.717, 1.165) is 17.5 Å². The highest BCUT2D eigenvalue weighted by molar-refractivity contribution is 14.0. The molecule has 1 unspecified atom stereocenters. The molecule has 28 heavy (non-hydrogen) atoms. The number of nitrogens with zero attached hydrogens (tertiary/aromatic N) is 1. The lowest BCUT2D eigenvalue weighted by molar-refractivity contribution is -0.116. The molecule has 0 bridgehead atoms. The third-order valence-corrected chi connectivity index (χ3v) is 4.98. The van der Waals surface area contributed by atoms with Gasteiger partial charge in [-0.1, -0.05) is 18.2 Å². The van der Waals surface area contributed by atoms with Crippen molar-refractivity contribution in [3.8, 4) is 0 Å². The molecule has 1 aliphatic heterocycles. The van der Waals surface area contributed by atoms with Gasteiger partial charge in [0.25, 0.3) is 0 Å². The zero-order valence-electron chi connectivity index (χ0n) is 16.7. The fourth-order valence-corrected chi connectivity index (χ4v) is 4.12. The standard InChI is InChI=1S/C18H29N5O3S.HI/c1-5-19-17(21-12-18(2,3)23-27(4,25)26)20-11-13-10-16(24)22-15-9-7-6-8-14(13)15;/h6-9,13,23H,5,10-12H2,1-4H3,(H,22,24)(H2,19,20,21);1H. The molecule has 8 nitrogen and oxygen atoms in total. The number of hydrogen-bond donors (Lipinski definition) is 4. The first-order chi connectivity index (χ1) is 12.6. The summed E-state index contributed by atoms with van der Waals surface area (Å²) < 4.78 is 25.5. The summed E-state index contributed by atoms with van der Waals surface area (Å²) >= 11 is 0. The van der Waals surface area contributed by atoms with Crippen molar-refractivity contribution >= 4 is 51.6 Å². The van der Waals surface area contributed by atoms with Gasteiger partial charge in [0.15, 0.2) is 5.96 Å². The van der Waals surface area contributed by atoms with Crippen molar-refractivity contribution in [2.75, 3.05) is 31.2 Å². The second-order valence-electron chi connectivity index (χ2n) is 7.37. The van der Waals surface area contributed by atoms with Crippen LogP contribution in [0.15, 0.2) is 29.3 Å². The minimum Gasteiger partial charge on any atom is -0.357 e. The Bertz CT molecular complexity index is 811. The summed E-state index contributed by atoms with van der Waals surface area (Å²) in [6.07, 6.45) is 1.54. The van der Waals surface area contributed by atoms with Crippen molar-refractivity contribution in [1.29, 1.82) is 0 Å². The SMILES string of the molecule is CCNC(=NCC(C)(C)NS(C)(=O)=O)NCC1CC(=O)Nc2ccccc21.I. The summed E-state index contributed by atoms with van der Waals surface area (Å²) in [4.78, 5) is 16.4. The lowest BCUT2D eigenvalue weighted by Gasteiger charge is -2.27. The predicted molar refractivity (Wildman–Crippen MR) is 124 cm³/mol. The van der Waals surface area contributed by atoms with Gasteiger partial charge < -0.3 is 16.0 Å². The Morgan fingerprint density at radius 3 is 2.61 bits per heavy atom. The van der Waals surface area contributed by atoms with E-state index in [1.807, 2.05) is 31.2 Å². The second kappa shape index (κ2) is 10.4. The van der Waals surface area contributed by atoms with E-state index in [1.165, 1.54) is 0 Å². The summed E-state index contributed by atoms with van der Waals surface area (Å²) in [5, 5.41) is 9.31. The van der Waals surface area contributed by atoms with E-state index in [1.54, 1.807) is 13.8 Å². The van der Waals surface area contributed by atoms with E-state index < -0.39 is 15.6 Å². The molecule has 0 aromatic heterocycles. The summed E-state index contributed by atoms with van der Waals surface area (Å²) in [7, 11) is -3.32. The number of carbonyl (C=O) groups is 1. The minimum atomic E-state index is -3.32. The van der Waals surface area contributed by atoms with Crippen molar-refractivity contribution in [1.82, 2.24) is 15.4 Å². The minimum absolute atomic E-state index is 0. The number of halogens is 1. The molecular weight excluding hydrogens is 493 g/mol. The number of nitrogens with one attached hydrogen (secondary N) is 4. The Kier molecular flexibility index (Phi) is 9.15. The van der Waals surface area contributed by atoms with Crippen LogP contribution in [0.4, 0.5) is 5.69 Å². The second-order valence-corrected chi connectivity index (χ2v) is 9.12. The van der Waals surface area contributed by atoms with Gasteiger partial charge >= 0.3 is 0 Å². The van der Waals surface area contributed by atoms with Crippen molar-refractivity contribution in [2.45, 2.75) is 38.6 Å². The molecule has 2 rings (SSSR count). The molecule has 1 aromatic rings. The monoisotopic (exact) mass is 523 g/mol. The zero-order valence-corrected chi connectivity index (χ0v) is 19.9. The fraction of sp³-hybridized carbons (Fsp3) is 0.556. The Morgan fingerprint density at radius 1 is 1.29 bits per heavy atom. The Morgan fingerprint density at radius 2 is 1.96 bits per heavy atom. The fourth-order valence-electron chi connectivity index (χ4n) is 3.06. The molecule has 1 atom stereocenters. The van der Waals surface area contributed by atoms with Crippen LogP contribution < -0.4 is 20.7 Å². The Balaban J connectivity index is 0.00000392. The van der Waals surface area contributed by atoms with Gasteiger partial charge in [0, 0.05) is 36.7 Å². The van der Waals surface area contributed by atoms with Gasteiger partial charge in [-0.2, -0.15) is 0 Å². The van der Waals surface area contributed by atoms with Crippen molar-refractivity contribution < 1.29 is 13.2 Å². The van der Waals surface area contributed by atoms with Crippen molar-refractivity contribution in [3.05, 3.63) is 29.8 Å². The maximum Gasteiger partial charge on any atom is 0.225 e. The average molecular weight is 523 g/mol. The first-order valence-electron chi connectivity index (χ1n) is 8.99. The van der Waals surface area contributed by atoms with Gasteiger partial charge in [-0.05, 0) is 32.4 Å². The van der Waals surface area contributed by atoms with Crippen LogP contribution in [0.25, 0.3) is 0 Å². The summed E-state index contributed by atoms with van der Waals surface area (Å²) in [5.74, 6) is 0.631. The number of guanidine groups is 1. The van der Waals surface area contributed by atoms with Crippen LogP contribution in [-0.2, 0) is 14.8 Å². The average Bonchev–Trinajstić information content (AvgIpc) is 2.55. The highest BCUT2D eigenvalue weighted by atomic mass is 127. The largest absolute Gasteiger partial charge is 0.357 e. The van der Waals surface area contributed by atoms with Gasteiger partial charge in [-0.3, -0.25) is 9.79 Å². The molecule has 0 aliphatic carbocycles. The number of fused-ring (bicyclic) bond motifs is 1. The molecule has 0 radical (unpaired) electrons. The smallest absolute Gasteiger partial charge is 0.225 e. The highest BCUT2D eigenvalue weighted by Gasteiger charge is 2.25. The molecule has 158 valence electrons. The van der Waals surface area contributed by atoms with Crippen molar-refractivity contribution in [3.63, 3.8) is 0 Å². The summed E-state index contributed by atoms with van der Waals surface area (Å²) in [5.41, 5.74) is 1.24. The van der Waals surface area contributed by atoms with Gasteiger partial charge in [-0.15, -0.1) is 24.0 Å². The topological polar surface area (TPSA) is 112 Å². The number of hydrogen-bond acceptors (Lipinski definition) is 4. The summed E-state index contributed by atoms with van der Waals surface area (Å²) in [6.45, 7) is 7.02. The number of anilines is 1. The van der Waals surface area contributed by atoms with Crippen LogP contribution in [0.3, 0.4) is 0 Å². The number of benzene rings is 1. The molecule has 1 amide bonds. The van der Waals surface area contributed by atoms with Crippen LogP contribution >= 0.6 is 24.0 Å². The van der Waals surface area contributed by atoms with Crippen LogP contribution in [0.2, 0.25) is 0 Å². The number of aliphatic imine (C=N–C) groups is 1. The molecule has 10 heteroatoms. The van der Waals surface area contributed by atoms with E-state index >= 15 is 0 Å². The lowest BCUT2D eigenvalue weighted by Crippen LogP contribution is -2.47. The number of sulfonamides is 1. The van der Waals surface area contributed by atoms with E-state index in [4.69, 9.17) is 0 Å². The molecule has 1 aliphatic rings. The molecule has 1 heterocycles. The third-order valence-electron chi connectivity index (χ3n) is 4.06. The molecular formula is C18H30IN5O3S. The van der Waals surface area contributed by atoms with Crippen LogP contribution in [0.1, 0.15) is 38.7 Å². The number of para-hydroxylation sites is 1.